The zero-order chi connectivity index (χ0) is 21.2. The summed E-state index contributed by atoms with van der Waals surface area (Å²) < 4.78 is 7.62. The second-order valence-corrected chi connectivity index (χ2v) is 8.12. The molecule has 0 saturated carbocycles. The highest BCUT2D eigenvalue weighted by atomic mass is 16.5. The molecule has 1 fully saturated rings. The Morgan fingerprint density at radius 1 is 0.935 bits per heavy atom. The van der Waals surface area contributed by atoms with Crippen LogP contribution in [-0.2, 0) is 0 Å². The van der Waals surface area contributed by atoms with Crippen LogP contribution in [0, 0.1) is 0 Å². The molecule has 2 unspecified atom stereocenters. The number of fused-ring (bicyclic) bond motifs is 1. The van der Waals surface area contributed by atoms with Gasteiger partial charge in [0.1, 0.15) is 18.7 Å². The Bertz CT molecular complexity index is 1160. The summed E-state index contributed by atoms with van der Waals surface area (Å²) in [6, 6.07) is 17.0. The summed E-state index contributed by atoms with van der Waals surface area (Å²) >= 11 is 0. The first kappa shape index (κ1) is 19.6. The SMILES string of the molecule is CC1CCC(C)N1CCOc1ccc(-c2ncn(-c3cnc4ccccc4n3)n2)cc1. The summed E-state index contributed by atoms with van der Waals surface area (Å²) in [5, 5.41) is 4.57. The van der Waals surface area contributed by atoms with Gasteiger partial charge in [-0.15, -0.1) is 5.10 Å². The molecule has 1 saturated heterocycles. The van der Waals surface area contributed by atoms with Crippen molar-refractivity contribution in [3.05, 3.63) is 61.1 Å². The molecular formula is C24H26N6O. The minimum atomic E-state index is 0.640. The largest absolute Gasteiger partial charge is 0.492 e. The van der Waals surface area contributed by atoms with Gasteiger partial charge in [0, 0.05) is 24.2 Å². The zero-order valence-electron chi connectivity index (χ0n) is 17.8. The number of hydrogen-bond acceptors (Lipinski definition) is 6. The van der Waals surface area contributed by atoms with E-state index in [4.69, 9.17) is 4.74 Å². The molecule has 5 rings (SSSR count). The molecule has 1 aliphatic heterocycles. The molecule has 0 spiro atoms. The maximum Gasteiger partial charge on any atom is 0.181 e. The lowest BCUT2D eigenvalue weighted by atomic mass is 10.2. The van der Waals surface area contributed by atoms with Crippen molar-refractivity contribution < 1.29 is 4.74 Å². The predicted octanol–water partition coefficient (Wildman–Crippen LogP) is 4.13. The fourth-order valence-electron chi connectivity index (χ4n) is 4.22. The first-order valence-electron chi connectivity index (χ1n) is 10.8. The zero-order valence-corrected chi connectivity index (χ0v) is 17.8. The van der Waals surface area contributed by atoms with Gasteiger partial charge in [0.15, 0.2) is 11.6 Å². The summed E-state index contributed by atoms with van der Waals surface area (Å²) in [6.45, 7) is 6.26. The normalized spacial score (nSPS) is 19.2. The van der Waals surface area contributed by atoms with Gasteiger partial charge in [0.05, 0.1) is 17.2 Å². The van der Waals surface area contributed by atoms with Gasteiger partial charge in [-0.2, -0.15) is 0 Å². The molecule has 0 bridgehead atoms. The fourth-order valence-corrected chi connectivity index (χ4v) is 4.22. The number of para-hydroxylation sites is 2. The fraction of sp³-hybridized carbons (Fsp3) is 0.333. The highest BCUT2D eigenvalue weighted by molar-refractivity contribution is 5.74. The van der Waals surface area contributed by atoms with Gasteiger partial charge in [-0.25, -0.2) is 14.6 Å². The Labute approximate surface area is 181 Å². The standard InChI is InChI=1S/C24H26N6O/c1-17-7-8-18(2)29(17)13-14-31-20-11-9-19(10-12-20)24-26-16-30(28-24)23-15-25-21-5-3-4-6-22(21)27-23/h3-6,9-12,15-18H,7-8,13-14H2,1-2H3. The second kappa shape index (κ2) is 8.43. The van der Waals surface area contributed by atoms with Gasteiger partial charge in [-0.05, 0) is 63.1 Å². The quantitative estimate of drug-likeness (QED) is 0.473. The molecule has 3 heterocycles. The van der Waals surface area contributed by atoms with Gasteiger partial charge in [-0.3, -0.25) is 9.88 Å². The third-order valence-electron chi connectivity index (χ3n) is 6.03. The third kappa shape index (κ3) is 4.14. The lowest BCUT2D eigenvalue weighted by Gasteiger charge is -2.25. The van der Waals surface area contributed by atoms with E-state index in [-0.39, 0.29) is 0 Å². The summed E-state index contributed by atoms with van der Waals surface area (Å²) in [5.41, 5.74) is 2.62. The summed E-state index contributed by atoms with van der Waals surface area (Å²) in [6.07, 6.45) is 5.93. The highest BCUT2D eigenvalue weighted by Crippen LogP contribution is 2.24. The van der Waals surface area contributed by atoms with Crippen molar-refractivity contribution >= 4 is 11.0 Å². The maximum absolute atomic E-state index is 5.96. The third-order valence-corrected chi connectivity index (χ3v) is 6.03. The van der Waals surface area contributed by atoms with E-state index in [1.807, 2.05) is 48.5 Å². The average Bonchev–Trinajstić information content (AvgIpc) is 3.42. The van der Waals surface area contributed by atoms with Gasteiger partial charge in [-0.1, -0.05) is 12.1 Å². The molecule has 0 amide bonds. The highest BCUT2D eigenvalue weighted by Gasteiger charge is 2.26. The van der Waals surface area contributed by atoms with Crippen LogP contribution >= 0.6 is 0 Å². The molecule has 7 nitrogen and oxygen atoms in total. The van der Waals surface area contributed by atoms with Crippen LogP contribution in [-0.4, -0.2) is 54.9 Å². The second-order valence-electron chi connectivity index (χ2n) is 8.12. The Balaban J connectivity index is 1.24. The first-order chi connectivity index (χ1) is 15.2. The minimum Gasteiger partial charge on any atom is -0.492 e. The topological polar surface area (TPSA) is 69.0 Å². The number of ether oxygens (including phenoxy) is 1. The van der Waals surface area contributed by atoms with Crippen LogP contribution in [0.4, 0.5) is 0 Å². The number of nitrogens with zero attached hydrogens (tertiary/aromatic N) is 6. The van der Waals surface area contributed by atoms with Crippen LogP contribution in [0.25, 0.3) is 28.2 Å². The Morgan fingerprint density at radius 2 is 1.68 bits per heavy atom. The average molecular weight is 415 g/mol. The van der Waals surface area contributed by atoms with Crippen LogP contribution < -0.4 is 4.74 Å². The van der Waals surface area contributed by atoms with E-state index < -0.39 is 0 Å². The van der Waals surface area contributed by atoms with Crippen molar-refractivity contribution in [3.63, 3.8) is 0 Å². The molecule has 4 aromatic rings. The molecule has 0 radical (unpaired) electrons. The number of benzene rings is 2. The minimum absolute atomic E-state index is 0.640. The van der Waals surface area contributed by atoms with Crippen LogP contribution in [0.1, 0.15) is 26.7 Å². The molecule has 2 aromatic heterocycles. The molecular weight excluding hydrogens is 388 g/mol. The van der Waals surface area contributed by atoms with Crippen molar-refractivity contribution in [1.82, 2.24) is 29.6 Å². The summed E-state index contributed by atoms with van der Waals surface area (Å²) in [7, 11) is 0. The molecule has 1 aliphatic rings. The number of aromatic nitrogens is 5. The number of likely N-dealkylation sites (tertiary alicyclic amines) is 1. The molecule has 0 N–H and O–H groups in total. The van der Waals surface area contributed by atoms with Crippen LogP contribution in [0.3, 0.4) is 0 Å². The van der Waals surface area contributed by atoms with Crippen LogP contribution in [0.15, 0.2) is 61.1 Å². The number of rotatable bonds is 6. The number of hydrogen-bond donors (Lipinski definition) is 0. The first-order valence-corrected chi connectivity index (χ1v) is 10.8. The van der Waals surface area contributed by atoms with Crippen molar-refractivity contribution in [3.8, 4) is 23.0 Å². The van der Waals surface area contributed by atoms with Gasteiger partial charge < -0.3 is 4.74 Å². The summed E-state index contributed by atoms with van der Waals surface area (Å²) in [4.78, 5) is 16.0. The Kier molecular flexibility index (Phi) is 5.34. The predicted molar refractivity (Wildman–Crippen MR) is 120 cm³/mol. The molecule has 2 aromatic carbocycles. The maximum atomic E-state index is 5.96. The van der Waals surface area contributed by atoms with Gasteiger partial charge in [0.25, 0.3) is 0 Å². The van der Waals surface area contributed by atoms with Gasteiger partial charge >= 0.3 is 0 Å². The van der Waals surface area contributed by atoms with E-state index in [2.05, 4.69) is 38.8 Å². The molecule has 2 atom stereocenters. The summed E-state index contributed by atoms with van der Waals surface area (Å²) in [5.74, 6) is 2.15. The van der Waals surface area contributed by atoms with E-state index in [0.29, 0.717) is 30.3 Å². The lowest BCUT2D eigenvalue weighted by molar-refractivity contribution is 0.170. The van der Waals surface area contributed by atoms with Crippen molar-refractivity contribution in [2.75, 3.05) is 13.2 Å². The van der Waals surface area contributed by atoms with Crippen molar-refractivity contribution in [2.24, 2.45) is 0 Å². The smallest absolute Gasteiger partial charge is 0.181 e. The van der Waals surface area contributed by atoms with E-state index in [1.165, 1.54) is 12.8 Å². The molecule has 158 valence electrons. The van der Waals surface area contributed by atoms with Crippen molar-refractivity contribution in [2.45, 2.75) is 38.8 Å². The van der Waals surface area contributed by atoms with E-state index in [1.54, 1.807) is 17.2 Å². The van der Waals surface area contributed by atoms with Crippen LogP contribution in [0.2, 0.25) is 0 Å². The molecule has 0 aliphatic carbocycles. The van der Waals surface area contributed by atoms with E-state index in [9.17, 15) is 0 Å². The lowest BCUT2D eigenvalue weighted by Crippen LogP contribution is -2.36. The Hall–Kier alpha value is -3.32. The van der Waals surface area contributed by atoms with E-state index >= 15 is 0 Å². The van der Waals surface area contributed by atoms with Crippen molar-refractivity contribution in [1.29, 1.82) is 0 Å². The Morgan fingerprint density at radius 3 is 2.45 bits per heavy atom. The van der Waals surface area contributed by atoms with Gasteiger partial charge in [0.2, 0.25) is 0 Å². The monoisotopic (exact) mass is 414 g/mol. The molecule has 7 heteroatoms. The van der Waals surface area contributed by atoms with E-state index in [0.717, 1.165) is 28.9 Å². The molecule has 31 heavy (non-hydrogen) atoms. The van der Waals surface area contributed by atoms with Crippen LogP contribution in [0.5, 0.6) is 5.75 Å².